The first-order chi connectivity index (χ1) is 14.2. The van der Waals surface area contributed by atoms with Crippen molar-refractivity contribution in [3.8, 4) is 28.5 Å². The topological polar surface area (TPSA) is 74.2 Å². The molecule has 8 heteroatoms. The number of rotatable bonds is 3. The van der Waals surface area contributed by atoms with E-state index in [1.54, 1.807) is 32.2 Å². The van der Waals surface area contributed by atoms with E-state index in [1.165, 1.54) is 22.7 Å². The van der Waals surface area contributed by atoms with Crippen LogP contribution in [0.1, 0.15) is 25.1 Å². The number of nitrogens with zero attached hydrogens (tertiary/aromatic N) is 4. The number of hydrogen-bond acceptors (Lipinski definition) is 4. The van der Waals surface area contributed by atoms with Gasteiger partial charge >= 0.3 is 0 Å². The Hall–Kier alpha value is -3.70. The molecule has 5 nitrogen and oxygen atoms in total. The lowest BCUT2D eigenvalue weighted by molar-refractivity contribution is 0.0739. The van der Waals surface area contributed by atoms with Crippen molar-refractivity contribution in [2.24, 2.45) is 0 Å². The maximum absolute atomic E-state index is 15.5. The van der Waals surface area contributed by atoms with Gasteiger partial charge in [-0.1, -0.05) is 0 Å². The molecule has 4 aromatic rings. The van der Waals surface area contributed by atoms with Crippen molar-refractivity contribution in [2.45, 2.75) is 19.4 Å². The number of benzene rings is 2. The summed E-state index contributed by atoms with van der Waals surface area (Å²) < 4.78 is 45.0. The molecule has 0 radical (unpaired) electrons. The highest BCUT2D eigenvalue weighted by Crippen LogP contribution is 2.35. The molecule has 1 N–H and O–H groups in total. The smallest absolute Gasteiger partial charge is 0.234 e. The summed E-state index contributed by atoms with van der Waals surface area (Å²) >= 11 is 0. The van der Waals surface area contributed by atoms with Crippen molar-refractivity contribution >= 4 is 5.78 Å². The molecule has 2 aromatic carbocycles. The molecule has 150 valence electrons. The Morgan fingerprint density at radius 3 is 2.50 bits per heavy atom. The van der Waals surface area contributed by atoms with E-state index in [2.05, 4.69) is 9.97 Å². The van der Waals surface area contributed by atoms with Gasteiger partial charge in [0, 0.05) is 17.3 Å². The van der Waals surface area contributed by atoms with Gasteiger partial charge < -0.3 is 5.11 Å². The molecule has 0 fully saturated rings. The highest BCUT2D eigenvalue weighted by atomic mass is 19.1. The summed E-state index contributed by atoms with van der Waals surface area (Å²) in [4.78, 5) is 8.44. The van der Waals surface area contributed by atoms with E-state index >= 15 is 4.39 Å². The van der Waals surface area contributed by atoms with Crippen LogP contribution >= 0.6 is 0 Å². The fourth-order valence-electron chi connectivity index (χ4n) is 3.24. The number of imidazole rings is 1. The van der Waals surface area contributed by atoms with Gasteiger partial charge in [-0.3, -0.25) is 4.40 Å². The largest absolute Gasteiger partial charge is 0.384 e. The third-order valence-electron chi connectivity index (χ3n) is 4.74. The van der Waals surface area contributed by atoms with Gasteiger partial charge in [0.2, 0.25) is 5.78 Å². The maximum atomic E-state index is 15.5. The van der Waals surface area contributed by atoms with Crippen LogP contribution in [0.2, 0.25) is 0 Å². The summed E-state index contributed by atoms with van der Waals surface area (Å²) in [5.41, 5.74) is -1.12. The number of fused-ring (bicyclic) bond motifs is 1. The Morgan fingerprint density at radius 2 is 1.80 bits per heavy atom. The minimum absolute atomic E-state index is 0.0323. The van der Waals surface area contributed by atoms with Crippen molar-refractivity contribution in [2.75, 3.05) is 0 Å². The minimum Gasteiger partial charge on any atom is -0.384 e. The monoisotopic (exact) mass is 408 g/mol. The van der Waals surface area contributed by atoms with E-state index < -0.39 is 28.6 Å². The van der Waals surface area contributed by atoms with Gasteiger partial charge in [0.05, 0.1) is 34.8 Å². The van der Waals surface area contributed by atoms with Crippen molar-refractivity contribution in [1.82, 2.24) is 14.4 Å². The fourth-order valence-corrected chi connectivity index (χ4v) is 3.24. The lowest BCUT2D eigenvalue weighted by Crippen LogP contribution is -2.18. The molecule has 2 aromatic heterocycles. The van der Waals surface area contributed by atoms with Crippen LogP contribution in [0.5, 0.6) is 0 Å². The number of halogens is 3. The molecule has 0 atom stereocenters. The molecule has 0 bridgehead atoms. The van der Waals surface area contributed by atoms with Crippen LogP contribution in [0.15, 0.2) is 48.8 Å². The Labute approximate surface area is 169 Å². The van der Waals surface area contributed by atoms with Gasteiger partial charge in [-0.15, -0.1) is 0 Å². The first-order valence-corrected chi connectivity index (χ1v) is 8.96. The quantitative estimate of drug-likeness (QED) is 0.539. The maximum Gasteiger partial charge on any atom is 0.234 e. The van der Waals surface area contributed by atoms with Crippen LogP contribution < -0.4 is 0 Å². The fraction of sp³-hybridized carbons (Fsp3) is 0.136. The van der Waals surface area contributed by atoms with E-state index in [1.807, 2.05) is 0 Å². The predicted molar refractivity (Wildman–Crippen MR) is 104 cm³/mol. The van der Waals surface area contributed by atoms with Gasteiger partial charge in [-0.05, 0) is 50.2 Å². The second-order valence-electron chi connectivity index (χ2n) is 7.27. The van der Waals surface area contributed by atoms with E-state index in [4.69, 9.17) is 0 Å². The van der Waals surface area contributed by atoms with Crippen molar-refractivity contribution in [1.29, 1.82) is 5.26 Å². The number of aromatic nitrogens is 3. The zero-order chi connectivity index (χ0) is 21.6. The summed E-state index contributed by atoms with van der Waals surface area (Å²) in [6.07, 6.45) is 2.96. The van der Waals surface area contributed by atoms with Crippen LogP contribution in [-0.4, -0.2) is 19.5 Å². The summed E-state index contributed by atoms with van der Waals surface area (Å²) in [5.74, 6) is -2.24. The molecule has 0 aliphatic carbocycles. The van der Waals surface area contributed by atoms with Gasteiger partial charge in [0.1, 0.15) is 23.1 Å². The van der Waals surface area contributed by atoms with E-state index in [-0.39, 0.29) is 22.5 Å². The molecule has 2 heterocycles. The third kappa shape index (κ3) is 3.19. The molecule has 0 spiro atoms. The van der Waals surface area contributed by atoms with Crippen LogP contribution in [0.25, 0.3) is 28.2 Å². The Balaban J connectivity index is 1.93. The van der Waals surface area contributed by atoms with Gasteiger partial charge in [0.15, 0.2) is 0 Å². The minimum atomic E-state index is -1.18. The van der Waals surface area contributed by atoms with Crippen LogP contribution in [0.3, 0.4) is 0 Å². The summed E-state index contributed by atoms with van der Waals surface area (Å²) in [6, 6.07) is 8.83. The molecule has 0 saturated carbocycles. The molecule has 4 rings (SSSR count). The van der Waals surface area contributed by atoms with Crippen LogP contribution in [0, 0.1) is 28.8 Å². The highest BCUT2D eigenvalue weighted by molar-refractivity contribution is 5.77. The van der Waals surface area contributed by atoms with E-state index in [9.17, 15) is 19.1 Å². The van der Waals surface area contributed by atoms with Crippen molar-refractivity contribution in [3.63, 3.8) is 0 Å². The summed E-state index contributed by atoms with van der Waals surface area (Å²) in [6.45, 7) is 3.16. The Morgan fingerprint density at radius 1 is 1.07 bits per heavy atom. The van der Waals surface area contributed by atoms with Crippen LogP contribution in [-0.2, 0) is 5.60 Å². The van der Waals surface area contributed by atoms with Crippen molar-refractivity contribution < 1.29 is 18.3 Å². The number of hydrogen-bond donors (Lipinski definition) is 1. The second kappa shape index (κ2) is 6.97. The average Bonchev–Trinajstić information content (AvgIpc) is 3.11. The molecule has 0 saturated heterocycles. The predicted octanol–water partition coefficient (Wildman–Crippen LogP) is 4.58. The van der Waals surface area contributed by atoms with Gasteiger partial charge in [-0.2, -0.15) is 5.26 Å². The summed E-state index contributed by atoms with van der Waals surface area (Å²) in [5, 5.41) is 19.4. The first kappa shape index (κ1) is 19.6. The molecule has 0 unspecified atom stereocenters. The Bertz CT molecular complexity index is 1330. The van der Waals surface area contributed by atoms with Gasteiger partial charge in [0.25, 0.3) is 0 Å². The molecule has 0 aliphatic rings. The van der Waals surface area contributed by atoms with E-state index in [0.29, 0.717) is 11.4 Å². The molecular weight excluding hydrogens is 393 g/mol. The standard InChI is InChI=1S/C22H15F3N4O/c1-22(2,30)18-7-8-29-17(11-27-21(29)28-18)15-5-6-16(24)19(20(15)25)14-4-3-13(23)9-12(14)10-26/h3-9,11,30H,1-2H3. The normalized spacial score (nSPS) is 11.6. The zero-order valence-electron chi connectivity index (χ0n) is 16.0. The van der Waals surface area contributed by atoms with E-state index in [0.717, 1.165) is 18.2 Å². The number of aliphatic hydroxyl groups is 1. The molecule has 0 amide bonds. The highest BCUT2D eigenvalue weighted by Gasteiger charge is 2.23. The first-order valence-electron chi connectivity index (χ1n) is 8.96. The molecular formula is C22H15F3N4O. The van der Waals surface area contributed by atoms with Gasteiger partial charge in [-0.25, -0.2) is 23.1 Å². The Kier molecular flexibility index (Phi) is 4.56. The molecule has 0 aliphatic heterocycles. The lowest BCUT2D eigenvalue weighted by atomic mass is 9.96. The van der Waals surface area contributed by atoms with Crippen LogP contribution in [0.4, 0.5) is 13.2 Å². The second-order valence-corrected chi connectivity index (χ2v) is 7.27. The SMILES string of the molecule is CC(C)(O)c1ccn2c(-c3ccc(F)c(-c4ccc(F)cc4C#N)c3F)cnc2n1. The number of nitriles is 1. The molecule has 30 heavy (non-hydrogen) atoms. The zero-order valence-corrected chi connectivity index (χ0v) is 16.0. The summed E-state index contributed by atoms with van der Waals surface area (Å²) in [7, 11) is 0. The lowest BCUT2D eigenvalue weighted by Gasteiger charge is -2.16. The van der Waals surface area contributed by atoms with Crippen molar-refractivity contribution in [3.05, 3.63) is 77.5 Å². The third-order valence-corrected chi connectivity index (χ3v) is 4.74. The average molecular weight is 408 g/mol.